The molecule has 1 aromatic rings. The Hall–Kier alpha value is -2.45. The molecule has 106 valence electrons. The third-order valence-electron chi connectivity index (χ3n) is 3.65. The molecule has 1 N–H and O–H groups in total. The number of carbonyl (C=O) groups is 3. The van der Waals surface area contributed by atoms with E-state index in [0.29, 0.717) is 23.8 Å². The van der Waals surface area contributed by atoms with Crippen LogP contribution < -0.4 is 0 Å². The maximum Gasteiger partial charge on any atom is 0.414 e. The Labute approximate surface area is 113 Å². The van der Waals surface area contributed by atoms with E-state index in [2.05, 4.69) is 10.2 Å². The molecule has 3 heterocycles. The Morgan fingerprint density at radius 1 is 1.35 bits per heavy atom. The van der Waals surface area contributed by atoms with Crippen LogP contribution in [-0.2, 0) is 22.7 Å². The fraction of sp³-hybridized carbons (Fsp3) is 0.545. The molecule has 0 spiro atoms. The molecule has 3 rings (SSSR count). The number of rotatable bonds is 1. The van der Waals surface area contributed by atoms with E-state index < -0.39 is 18.0 Å². The van der Waals surface area contributed by atoms with Gasteiger partial charge in [0, 0.05) is 19.5 Å². The fourth-order valence-corrected chi connectivity index (χ4v) is 2.62. The van der Waals surface area contributed by atoms with E-state index in [4.69, 9.17) is 5.11 Å². The summed E-state index contributed by atoms with van der Waals surface area (Å²) in [6, 6.07) is -0.908. The summed E-state index contributed by atoms with van der Waals surface area (Å²) in [7, 11) is 0. The van der Waals surface area contributed by atoms with Crippen LogP contribution in [0.3, 0.4) is 0 Å². The van der Waals surface area contributed by atoms with E-state index in [1.165, 1.54) is 4.90 Å². The lowest BCUT2D eigenvalue weighted by Crippen LogP contribution is -2.50. The lowest BCUT2D eigenvalue weighted by Gasteiger charge is -2.30. The number of imide groups is 1. The zero-order valence-corrected chi connectivity index (χ0v) is 10.6. The van der Waals surface area contributed by atoms with E-state index in [-0.39, 0.29) is 25.3 Å². The summed E-state index contributed by atoms with van der Waals surface area (Å²) in [5.41, 5.74) is 0. The van der Waals surface area contributed by atoms with Crippen LogP contribution in [0.1, 0.15) is 18.7 Å². The van der Waals surface area contributed by atoms with Crippen LogP contribution in [0.4, 0.5) is 4.79 Å². The summed E-state index contributed by atoms with van der Waals surface area (Å²) < 4.78 is 1.85. The normalized spacial score (nSPS) is 22.0. The van der Waals surface area contributed by atoms with Crippen molar-refractivity contribution in [3.8, 4) is 0 Å². The van der Waals surface area contributed by atoms with Crippen LogP contribution >= 0.6 is 0 Å². The summed E-state index contributed by atoms with van der Waals surface area (Å²) in [6.45, 7) is 1.32. The number of nitrogens with zero attached hydrogens (tertiary/aromatic N) is 5. The van der Waals surface area contributed by atoms with Gasteiger partial charge in [0.1, 0.15) is 12.4 Å². The Morgan fingerprint density at radius 2 is 2.15 bits per heavy atom. The molecular formula is C11H13N5O4. The predicted molar refractivity (Wildman–Crippen MR) is 63.3 cm³/mol. The average molecular weight is 279 g/mol. The molecule has 3 amide bonds. The van der Waals surface area contributed by atoms with Crippen molar-refractivity contribution in [3.63, 3.8) is 0 Å². The van der Waals surface area contributed by atoms with Gasteiger partial charge in [-0.05, 0) is 6.42 Å². The van der Waals surface area contributed by atoms with E-state index in [0.717, 1.165) is 0 Å². The lowest BCUT2D eigenvalue weighted by molar-refractivity contribution is -0.141. The molecule has 1 unspecified atom stereocenters. The minimum atomic E-state index is -1.37. The topological polar surface area (TPSA) is 109 Å². The highest BCUT2D eigenvalue weighted by Crippen LogP contribution is 2.22. The van der Waals surface area contributed by atoms with Gasteiger partial charge < -0.3 is 14.6 Å². The predicted octanol–water partition coefficient (Wildman–Crippen LogP) is -0.711. The number of fused-ring (bicyclic) bond motifs is 1. The Kier molecular flexibility index (Phi) is 2.88. The molecule has 2 aliphatic heterocycles. The van der Waals surface area contributed by atoms with Crippen molar-refractivity contribution in [2.75, 3.05) is 6.54 Å². The van der Waals surface area contributed by atoms with Crippen molar-refractivity contribution < 1.29 is 19.5 Å². The van der Waals surface area contributed by atoms with Gasteiger partial charge in [0.2, 0.25) is 11.8 Å². The van der Waals surface area contributed by atoms with Crippen molar-refractivity contribution in [2.45, 2.75) is 32.0 Å². The molecule has 1 saturated heterocycles. The number of hydrogen-bond acceptors (Lipinski definition) is 5. The van der Waals surface area contributed by atoms with E-state index in [9.17, 15) is 14.4 Å². The van der Waals surface area contributed by atoms with E-state index in [1.807, 2.05) is 4.57 Å². The third-order valence-corrected chi connectivity index (χ3v) is 3.65. The number of carbonyl (C=O) groups excluding carboxylic acids is 2. The standard InChI is InChI=1S/C11H13N5O4/c17-9-2-1-7(16(9)11(19)20)10(18)14-3-4-15-6-12-13-8(15)5-14/h6-7H,1-5H2,(H,19,20). The van der Waals surface area contributed by atoms with E-state index in [1.54, 1.807) is 6.33 Å². The second-order valence-electron chi connectivity index (χ2n) is 4.80. The van der Waals surface area contributed by atoms with Crippen molar-refractivity contribution >= 4 is 17.9 Å². The maximum atomic E-state index is 12.4. The Morgan fingerprint density at radius 3 is 2.90 bits per heavy atom. The molecule has 1 atom stereocenters. The molecule has 2 aliphatic rings. The quantitative estimate of drug-likeness (QED) is 0.727. The average Bonchev–Trinajstić information content (AvgIpc) is 3.02. The van der Waals surface area contributed by atoms with Gasteiger partial charge in [-0.1, -0.05) is 0 Å². The first-order chi connectivity index (χ1) is 9.58. The molecule has 9 heteroatoms. The highest BCUT2D eigenvalue weighted by molar-refractivity contribution is 6.00. The third kappa shape index (κ3) is 1.91. The summed E-state index contributed by atoms with van der Waals surface area (Å²) in [5.74, 6) is -0.195. The number of likely N-dealkylation sites (tertiary alicyclic amines) is 1. The highest BCUT2D eigenvalue weighted by atomic mass is 16.4. The minimum Gasteiger partial charge on any atom is -0.465 e. The van der Waals surface area contributed by atoms with Gasteiger partial charge >= 0.3 is 6.09 Å². The van der Waals surface area contributed by atoms with Gasteiger partial charge in [-0.15, -0.1) is 10.2 Å². The number of aromatic nitrogens is 3. The summed E-state index contributed by atoms with van der Waals surface area (Å²) in [6.07, 6.45) is 0.561. The van der Waals surface area contributed by atoms with Crippen LogP contribution in [0.15, 0.2) is 6.33 Å². The number of hydrogen-bond donors (Lipinski definition) is 1. The van der Waals surface area contributed by atoms with Crippen LogP contribution in [0.25, 0.3) is 0 Å². The molecule has 0 radical (unpaired) electrons. The molecule has 0 aliphatic carbocycles. The monoisotopic (exact) mass is 279 g/mol. The smallest absolute Gasteiger partial charge is 0.414 e. The van der Waals surface area contributed by atoms with Crippen LogP contribution in [-0.4, -0.2) is 60.2 Å². The summed E-state index contributed by atoms with van der Waals surface area (Å²) >= 11 is 0. The SMILES string of the molecule is O=C(C1CCC(=O)N1C(=O)O)N1CCn2cnnc2C1. The summed E-state index contributed by atoms with van der Waals surface area (Å²) in [5, 5.41) is 16.7. The zero-order valence-electron chi connectivity index (χ0n) is 10.6. The second-order valence-corrected chi connectivity index (χ2v) is 4.80. The van der Waals surface area contributed by atoms with Gasteiger partial charge in [0.05, 0.1) is 6.54 Å². The van der Waals surface area contributed by atoms with Crippen LogP contribution in [0, 0.1) is 0 Å². The van der Waals surface area contributed by atoms with Gasteiger partial charge in [-0.25, -0.2) is 9.69 Å². The molecular weight excluding hydrogens is 266 g/mol. The lowest BCUT2D eigenvalue weighted by atomic mass is 10.2. The van der Waals surface area contributed by atoms with Crippen LogP contribution in [0.2, 0.25) is 0 Å². The largest absolute Gasteiger partial charge is 0.465 e. The molecule has 0 aromatic carbocycles. The number of carboxylic acid groups (broad SMARTS) is 1. The van der Waals surface area contributed by atoms with Gasteiger partial charge in [0.15, 0.2) is 5.82 Å². The van der Waals surface area contributed by atoms with Crippen molar-refractivity contribution in [1.29, 1.82) is 0 Å². The number of amides is 3. The molecule has 20 heavy (non-hydrogen) atoms. The zero-order chi connectivity index (χ0) is 14.3. The molecule has 9 nitrogen and oxygen atoms in total. The first-order valence-corrected chi connectivity index (χ1v) is 6.28. The van der Waals surface area contributed by atoms with E-state index >= 15 is 0 Å². The fourth-order valence-electron chi connectivity index (χ4n) is 2.62. The van der Waals surface area contributed by atoms with Crippen molar-refractivity contribution in [3.05, 3.63) is 12.2 Å². The molecule has 1 fully saturated rings. The van der Waals surface area contributed by atoms with Crippen LogP contribution in [0.5, 0.6) is 0 Å². The molecule has 0 saturated carbocycles. The van der Waals surface area contributed by atoms with Gasteiger partial charge in [0.25, 0.3) is 0 Å². The van der Waals surface area contributed by atoms with Gasteiger partial charge in [-0.3, -0.25) is 9.59 Å². The maximum absolute atomic E-state index is 12.4. The Bertz CT molecular complexity index is 583. The molecule has 1 aromatic heterocycles. The van der Waals surface area contributed by atoms with Crippen molar-refractivity contribution in [1.82, 2.24) is 24.6 Å². The first kappa shape index (κ1) is 12.6. The van der Waals surface area contributed by atoms with Gasteiger partial charge in [-0.2, -0.15) is 0 Å². The highest BCUT2D eigenvalue weighted by Gasteiger charge is 2.42. The van der Waals surface area contributed by atoms with Crippen molar-refractivity contribution in [2.24, 2.45) is 0 Å². The minimum absolute atomic E-state index is 0.0900. The Balaban J connectivity index is 1.77. The second kappa shape index (κ2) is 4.58. The first-order valence-electron chi connectivity index (χ1n) is 6.28. The summed E-state index contributed by atoms with van der Waals surface area (Å²) in [4.78, 5) is 37.2. The molecule has 0 bridgehead atoms.